The first-order chi connectivity index (χ1) is 18.7. The van der Waals surface area contributed by atoms with Crippen LogP contribution in [0.5, 0.6) is 5.75 Å². The molecule has 0 N–H and O–H groups in total. The summed E-state index contributed by atoms with van der Waals surface area (Å²) >= 11 is 4.75. The molecule has 0 fully saturated rings. The van der Waals surface area contributed by atoms with Gasteiger partial charge in [0.05, 0.1) is 31.8 Å². The molecule has 0 aromatic heterocycles. The second kappa shape index (κ2) is 14.3. The number of ether oxygens (including phenoxy) is 4. The van der Waals surface area contributed by atoms with Crippen LogP contribution in [-0.4, -0.2) is 43.7 Å². The van der Waals surface area contributed by atoms with Crippen LogP contribution in [0, 0.1) is 0 Å². The molecular weight excluding hydrogens is 566 g/mol. The van der Waals surface area contributed by atoms with Gasteiger partial charge in [0.2, 0.25) is 6.10 Å². The van der Waals surface area contributed by atoms with E-state index in [0.29, 0.717) is 0 Å². The quantitative estimate of drug-likeness (QED) is 0.174. The molecular formula is C27H22F6O6S. The molecule has 0 bridgehead atoms. The molecule has 1 unspecified atom stereocenters. The third kappa shape index (κ3) is 10.6. The molecule has 0 aliphatic carbocycles. The zero-order valence-electron chi connectivity index (χ0n) is 20.9. The summed E-state index contributed by atoms with van der Waals surface area (Å²) in [5.74, 6) is -0.956. The lowest BCUT2D eigenvalue weighted by molar-refractivity contribution is -0.203. The van der Waals surface area contributed by atoms with Crippen molar-refractivity contribution < 1.29 is 54.9 Å². The standard InChI is InChI=1S/C17H13F3O4S.C10H9F3O2/c1-22-15(21)12-9-7-11(8-10-12)14(17(18,19)20)24-16(25)23-13-5-3-2-4-6-13;1-15-9(14)8-4-2-7(3-5-8)6-10(11,12)13/h2-10,14H,1H3;2-5H,6H2,1H3. The number of halogens is 6. The van der Waals surface area contributed by atoms with Gasteiger partial charge in [0.15, 0.2) is 0 Å². The maximum atomic E-state index is 13.3. The molecule has 0 saturated heterocycles. The molecule has 40 heavy (non-hydrogen) atoms. The van der Waals surface area contributed by atoms with Crippen molar-refractivity contribution in [3.8, 4) is 5.75 Å². The third-order valence-corrected chi connectivity index (χ3v) is 5.05. The number of methoxy groups -OCH3 is 2. The molecule has 0 heterocycles. The van der Waals surface area contributed by atoms with Crippen molar-refractivity contribution in [1.82, 2.24) is 0 Å². The van der Waals surface area contributed by atoms with Crippen LogP contribution in [0.3, 0.4) is 0 Å². The van der Waals surface area contributed by atoms with Crippen LogP contribution in [-0.2, 0) is 20.6 Å². The average Bonchev–Trinajstić information content (AvgIpc) is 2.91. The predicted molar refractivity (Wildman–Crippen MR) is 135 cm³/mol. The van der Waals surface area contributed by atoms with Crippen molar-refractivity contribution in [3.05, 3.63) is 101 Å². The molecule has 0 saturated carbocycles. The Morgan fingerprint density at radius 1 is 0.750 bits per heavy atom. The van der Waals surface area contributed by atoms with Gasteiger partial charge in [-0.3, -0.25) is 0 Å². The molecule has 3 aromatic rings. The van der Waals surface area contributed by atoms with Crippen LogP contribution in [0.25, 0.3) is 0 Å². The molecule has 1 atom stereocenters. The number of alkyl halides is 6. The van der Waals surface area contributed by atoms with E-state index in [0.717, 1.165) is 12.1 Å². The smallest absolute Gasteiger partial charge is 0.429 e. The number of rotatable bonds is 6. The maximum absolute atomic E-state index is 13.3. The van der Waals surface area contributed by atoms with E-state index in [9.17, 15) is 35.9 Å². The number of para-hydroxylation sites is 1. The van der Waals surface area contributed by atoms with Crippen LogP contribution in [0.1, 0.15) is 37.9 Å². The van der Waals surface area contributed by atoms with Gasteiger partial charge >= 0.3 is 29.5 Å². The van der Waals surface area contributed by atoms with Gasteiger partial charge in [-0.25, -0.2) is 9.59 Å². The van der Waals surface area contributed by atoms with Gasteiger partial charge in [0, 0.05) is 17.8 Å². The van der Waals surface area contributed by atoms with Crippen LogP contribution >= 0.6 is 12.2 Å². The molecule has 6 nitrogen and oxygen atoms in total. The molecule has 214 valence electrons. The Bertz CT molecular complexity index is 1260. The third-order valence-electron chi connectivity index (χ3n) is 4.87. The minimum absolute atomic E-state index is 0.121. The van der Waals surface area contributed by atoms with Crippen molar-refractivity contribution >= 4 is 29.4 Å². The number of benzene rings is 3. The van der Waals surface area contributed by atoms with Crippen molar-refractivity contribution in [3.63, 3.8) is 0 Å². The lowest BCUT2D eigenvalue weighted by Crippen LogP contribution is -2.27. The van der Waals surface area contributed by atoms with Gasteiger partial charge in [-0.05, 0) is 42.0 Å². The Morgan fingerprint density at radius 2 is 1.23 bits per heavy atom. The number of hydrogen-bond donors (Lipinski definition) is 0. The van der Waals surface area contributed by atoms with Crippen LogP contribution in [0.4, 0.5) is 26.3 Å². The Balaban J connectivity index is 0.000000319. The van der Waals surface area contributed by atoms with E-state index in [-0.39, 0.29) is 28.0 Å². The Morgan fingerprint density at radius 3 is 1.65 bits per heavy atom. The number of thiocarbonyl (C=S) groups is 1. The van der Waals surface area contributed by atoms with Gasteiger partial charge in [-0.1, -0.05) is 42.5 Å². The van der Waals surface area contributed by atoms with E-state index in [1.54, 1.807) is 18.2 Å². The average molecular weight is 589 g/mol. The SMILES string of the molecule is COC(=O)c1ccc(C(OC(=S)Oc2ccccc2)C(F)(F)F)cc1.COC(=O)c1ccc(CC(F)(F)F)cc1. The Labute approximate surface area is 230 Å². The molecule has 0 spiro atoms. The van der Waals surface area contributed by atoms with Crippen LogP contribution < -0.4 is 4.74 Å². The van der Waals surface area contributed by atoms with Gasteiger partial charge < -0.3 is 18.9 Å². The van der Waals surface area contributed by atoms with Gasteiger partial charge in [0.1, 0.15) is 5.75 Å². The molecule has 0 aliphatic rings. The summed E-state index contributed by atoms with van der Waals surface area (Å²) in [6.45, 7) is 0. The highest BCUT2D eigenvalue weighted by Crippen LogP contribution is 2.36. The summed E-state index contributed by atoms with van der Waals surface area (Å²) in [5, 5.41) is -0.662. The summed E-state index contributed by atoms with van der Waals surface area (Å²) in [7, 11) is 2.39. The summed E-state index contributed by atoms with van der Waals surface area (Å²) in [6.07, 6.45) is -12.3. The van der Waals surface area contributed by atoms with E-state index in [1.165, 1.54) is 62.8 Å². The van der Waals surface area contributed by atoms with Crippen molar-refractivity contribution in [1.29, 1.82) is 0 Å². The zero-order chi connectivity index (χ0) is 29.9. The second-order valence-electron chi connectivity index (χ2n) is 7.80. The molecule has 0 amide bonds. The minimum Gasteiger partial charge on any atom is -0.465 e. The van der Waals surface area contributed by atoms with Crippen LogP contribution in [0.2, 0.25) is 0 Å². The second-order valence-corrected chi connectivity index (χ2v) is 8.13. The zero-order valence-corrected chi connectivity index (χ0v) is 21.7. The molecule has 0 radical (unpaired) electrons. The van der Waals surface area contributed by atoms with E-state index < -0.39 is 42.1 Å². The minimum atomic E-state index is -4.73. The highest BCUT2D eigenvalue weighted by Gasteiger charge is 2.44. The van der Waals surface area contributed by atoms with E-state index in [4.69, 9.17) is 21.7 Å². The normalized spacial score (nSPS) is 11.8. The van der Waals surface area contributed by atoms with E-state index in [1.807, 2.05) is 0 Å². The Kier molecular flexibility index (Phi) is 11.5. The van der Waals surface area contributed by atoms with E-state index >= 15 is 0 Å². The molecule has 3 rings (SSSR count). The van der Waals surface area contributed by atoms with Gasteiger partial charge in [0.25, 0.3) is 0 Å². The van der Waals surface area contributed by atoms with Crippen molar-refractivity contribution in [2.75, 3.05) is 14.2 Å². The van der Waals surface area contributed by atoms with Gasteiger partial charge in [-0.2, -0.15) is 26.3 Å². The number of esters is 2. The van der Waals surface area contributed by atoms with Gasteiger partial charge in [-0.15, -0.1) is 0 Å². The maximum Gasteiger partial charge on any atom is 0.429 e. The summed E-state index contributed by atoms with van der Waals surface area (Å²) < 4.78 is 94.6. The van der Waals surface area contributed by atoms with Crippen molar-refractivity contribution in [2.24, 2.45) is 0 Å². The summed E-state index contributed by atoms with van der Waals surface area (Å²) in [5.41, 5.74) is 0.257. The highest BCUT2D eigenvalue weighted by atomic mass is 32.1. The Hall–Kier alpha value is -4.13. The lowest BCUT2D eigenvalue weighted by atomic mass is 10.1. The summed E-state index contributed by atoms with van der Waals surface area (Å²) in [4.78, 5) is 22.3. The van der Waals surface area contributed by atoms with Crippen molar-refractivity contribution in [2.45, 2.75) is 24.9 Å². The highest BCUT2D eigenvalue weighted by molar-refractivity contribution is 7.79. The van der Waals surface area contributed by atoms with E-state index in [2.05, 4.69) is 9.47 Å². The largest absolute Gasteiger partial charge is 0.465 e. The fourth-order valence-electron chi connectivity index (χ4n) is 3.05. The molecule has 3 aromatic carbocycles. The summed E-state index contributed by atoms with van der Waals surface area (Å²) in [6, 6.07) is 17.9. The fourth-order valence-corrected chi connectivity index (χ4v) is 3.24. The molecule has 13 heteroatoms. The number of carbonyl (C=O) groups is 2. The fraction of sp³-hybridized carbons (Fsp3) is 0.222. The van der Waals surface area contributed by atoms with Crippen LogP contribution in [0.15, 0.2) is 78.9 Å². The first kappa shape index (κ1) is 32.1. The number of carbonyl (C=O) groups excluding carboxylic acids is 2. The monoisotopic (exact) mass is 588 g/mol. The first-order valence-electron chi connectivity index (χ1n) is 11.2. The first-order valence-corrected chi connectivity index (χ1v) is 11.6. The topological polar surface area (TPSA) is 71.1 Å². The molecule has 0 aliphatic heterocycles. The number of hydrogen-bond acceptors (Lipinski definition) is 7. The predicted octanol–water partition coefficient (Wildman–Crippen LogP) is 7.04. The lowest BCUT2D eigenvalue weighted by Gasteiger charge is -2.22.